The maximum Gasteiger partial charge on any atom is 0.228 e. The average Bonchev–Trinajstić information content (AvgIpc) is 2.97. The molecular formula is C21H26FN3O. The number of benzene rings is 1. The number of nitrogens with one attached hydrogen (secondary N) is 2. The van der Waals surface area contributed by atoms with E-state index < -0.39 is 0 Å². The van der Waals surface area contributed by atoms with E-state index in [0.29, 0.717) is 13.0 Å². The van der Waals surface area contributed by atoms with Crippen molar-refractivity contribution >= 4 is 22.4 Å². The van der Waals surface area contributed by atoms with Gasteiger partial charge in [0.05, 0.1) is 5.92 Å². The van der Waals surface area contributed by atoms with E-state index in [-0.39, 0.29) is 29.9 Å². The highest BCUT2D eigenvalue weighted by Crippen LogP contribution is 2.41. The Kier molecular flexibility index (Phi) is 4.35. The Morgan fingerprint density at radius 3 is 2.88 bits per heavy atom. The fraction of sp³-hybridized carbons (Fsp3) is 0.476. The summed E-state index contributed by atoms with van der Waals surface area (Å²) in [6.45, 7) is 4.86. The number of halogens is 1. The molecule has 0 radical (unpaired) electrons. The number of carbonyl (C=O) groups excluding carboxylic acids is 1. The van der Waals surface area contributed by atoms with Gasteiger partial charge in [0.2, 0.25) is 5.91 Å². The van der Waals surface area contributed by atoms with Crippen LogP contribution in [0.25, 0.3) is 16.5 Å². The van der Waals surface area contributed by atoms with Crippen molar-refractivity contribution in [1.82, 2.24) is 15.2 Å². The van der Waals surface area contributed by atoms with Gasteiger partial charge in [-0.1, -0.05) is 32.1 Å². The van der Waals surface area contributed by atoms with Crippen LogP contribution in [-0.2, 0) is 11.2 Å². The van der Waals surface area contributed by atoms with Gasteiger partial charge in [0, 0.05) is 35.1 Å². The summed E-state index contributed by atoms with van der Waals surface area (Å²) in [5.41, 5.74) is 3.81. The number of H-pyrrole nitrogens is 1. The third-order valence-corrected chi connectivity index (χ3v) is 6.01. The standard InChI is InChI=1S/C21H26FN3O/c1-4-13(5-2)23-21(26)12-9-15-14-7-6-8-17-19(14)16(20(22)24-17)10-18(15)25(3)11-12/h6-9,12-13,18,24H,4-5,10-11H2,1-3H3,(H,23,26)/t12-,18?/m1/s1. The summed E-state index contributed by atoms with van der Waals surface area (Å²) in [7, 11) is 2.03. The molecule has 5 heteroatoms. The van der Waals surface area contributed by atoms with E-state index in [4.69, 9.17) is 0 Å². The van der Waals surface area contributed by atoms with Crippen LogP contribution in [-0.4, -0.2) is 41.5 Å². The molecule has 2 atom stereocenters. The first-order chi connectivity index (χ1) is 12.5. The second kappa shape index (κ2) is 6.54. The third-order valence-electron chi connectivity index (χ3n) is 6.01. The maximum atomic E-state index is 14.4. The van der Waals surface area contributed by atoms with Crippen LogP contribution in [0.2, 0.25) is 0 Å². The predicted molar refractivity (Wildman–Crippen MR) is 102 cm³/mol. The van der Waals surface area contributed by atoms with Crippen molar-refractivity contribution in [3.05, 3.63) is 41.3 Å². The largest absolute Gasteiger partial charge is 0.353 e. The second-order valence-corrected chi connectivity index (χ2v) is 7.56. The molecule has 1 aromatic carbocycles. The molecule has 4 nitrogen and oxygen atoms in total. The van der Waals surface area contributed by atoms with Gasteiger partial charge < -0.3 is 10.3 Å². The van der Waals surface area contributed by atoms with Crippen molar-refractivity contribution in [3.8, 4) is 0 Å². The van der Waals surface area contributed by atoms with Gasteiger partial charge in [0.15, 0.2) is 5.95 Å². The summed E-state index contributed by atoms with van der Waals surface area (Å²) < 4.78 is 14.4. The van der Waals surface area contributed by atoms with Crippen LogP contribution in [0, 0.1) is 11.9 Å². The van der Waals surface area contributed by atoms with Gasteiger partial charge in [-0.15, -0.1) is 0 Å². The number of amides is 1. The monoisotopic (exact) mass is 355 g/mol. The van der Waals surface area contributed by atoms with E-state index in [0.717, 1.165) is 40.4 Å². The maximum absolute atomic E-state index is 14.4. The SMILES string of the molecule is CCC(CC)NC(=O)[C@@H]1C=C2c3cccc4[nH]c(F)c(c34)CC2N(C)C1. The number of likely N-dealkylation sites (N-methyl/N-ethyl adjacent to an activating group) is 1. The first kappa shape index (κ1) is 17.3. The number of hydrogen-bond acceptors (Lipinski definition) is 2. The zero-order chi connectivity index (χ0) is 18.4. The normalized spacial score (nSPS) is 22.4. The number of nitrogens with zero attached hydrogens (tertiary/aromatic N) is 1. The zero-order valence-electron chi connectivity index (χ0n) is 15.6. The van der Waals surface area contributed by atoms with Crippen LogP contribution in [0.15, 0.2) is 24.3 Å². The summed E-state index contributed by atoms with van der Waals surface area (Å²) in [6.07, 6.45) is 4.64. The first-order valence-electron chi connectivity index (χ1n) is 9.55. The summed E-state index contributed by atoms with van der Waals surface area (Å²) in [6, 6.07) is 6.26. The minimum absolute atomic E-state index is 0.0923. The molecular weight excluding hydrogens is 329 g/mol. The van der Waals surface area contributed by atoms with Crippen LogP contribution in [0.5, 0.6) is 0 Å². The van der Waals surface area contributed by atoms with Crippen molar-refractivity contribution in [2.45, 2.75) is 45.2 Å². The van der Waals surface area contributed by atoms with Gasteiger partial charge >= 0.3 is 0 Å². The Labute approximate surface area is 153 Å². The summed E-state index contributed by atoms with van der Waals surface area (Å²) in [5.74, 6) is -0.310. The quantitative estimate of drug-likeness (QED) is 0.882. The molecule has 0 fully saturated rings. The lowest BCUT2D eigenvalue weighted by molar-refractivity contribution is -0.125. The fourth-order valence-electron chi connectivity index (χ4n) is 4.46. The number of aromatic nitrogens is 1. The summed E-state index contributed by atoms with van der Waals surface area (Å²) in [5, 5.41) is 4.15. The van der Waals surface area contributed by atoms with E-state index >= 15 is 0 Å². The number of carbonyl (C=O) groups is 1. The van der Waals surface area contributed by atoms with E-state index in [1.807, 2.05) is 25.2 Å². The minimum Gasteiger partial charge on any atom is -0.353 e. The molecule has 1 aromatic heterocycles. The van der Waals surface area contributed by atoms with Gasteiger partial charge in [-0.3, -0.25) is 9.69 Å². The molecule has 138 valence electrons. The van der Waals surface area contributed by atoms with Gasteiger partial charge in [0.25, 0.3) is 0 Å². The lowest BCUT2D eigenvalue weighted by atomic mass is 9.79. The van der Waals surface area contributed by atoms with Crippen molar-refractivity contribution in [3.63, 3.8) is 0 Å². The molecule has 4 rings (SSSR count). The molecule has 2 heterocycles. The van der Waals surface area contributed by atoms with Crippen LogP contribution in [0.3, 0.4) is 0 Å². The predicted octanol–water partition coefficient (Wildman–Crippen LogP) is 3.48. The van der Waals surface area contributed by atoms with Gasteiger partial charge in [0.1, 0.15) is 0 Å². The molecule has 0 saturated heterocycles. The van der Waals surface area contributed by atoms with E-state index in [1.165, 1.54) is 0 Å². The molecule has 1 unspecified atom stereocenters. The van der Waals surface area contributed by atoms with Crippen molar-refractivity contribution in [1.29, 1.82) is 0 Å². The molecule has 2 aromatic rings. The van der Waals surface area contributed by atoms with Gasteiger partial charge in [-0.05, 0) is 43.5 Å². The average molecular weight is 355 g/mol. The molecule has 1 aliphatic carbocycles. The fourth-order valence-corrected chi connectivity index (χ4v) is 4.46. The molecule has 0 bridgehead atoms. The smallest absolute Gasteiger partial charge is 0.228 e. The van der Waals surface area contributed by atoms with E-state index in [2.05, 4.69) is 35.1 Å². The Morgan fingerprint density at radius 1 is 1.38 bits per heavy atom. The minimum atomic E-state index is -0.228. The van der Waals surface area contributed by atoms with Gasteiger partial charge in [-0.25, -0.2) is 0 Å². The summed E-state index contributed by atoms with van der Waals surface area (Å²) in [4.78, 5) is 17.9. The third kappa shape index (κ3) is 2.65. The number of fused-ring (bicyclic) bond motifs is 2. The van der Waals surface area contributed by atoms with Crippen molar-refractivity contribution in [2.24, 2.45) is 5.92 Å². The van der Waals surface area contributed by atoms with Crippen molar-refractivity contribution in [2.75, 3.05) is 13.6 Å². The number of aromatic amines is 1. The highest BCUT2D eigenvalue weighted by atomic mass is 19.1. The molecule has 0 saturated carbocycles. The second-order valence-electron chi connectivity index (χ2n) is 7.56. The molecule has 2 aliphatic rings. The highest BCUT2D eigenvalue weighted by Gasteiger charge is 2.37. The lowest BCUT2D eigenvalue weighted by Crippen LogP contribution is -2.48. The molecule has 1 amide bonds. The van der Waals surface area contributed by atoms with E-state index in [1.54, 1.807) is 0 Å². The van der Waals surface area contributed by atoms with Crippen LogP contribution < -0.4 is 5.32 Å². The molecule has 2 N–H and O–H groups in total. The Hall–Kier alpha value is -2.14. The molecule has 0 spiro atoms. The summed E-state index contributed by atoms with van der Waals surface area (Å²) >= 11 is 0. The van der Waals surface area contributed by atoms with Gasteiger partial charge in [-0.2, -0.15) is 4.39 Å². The Bertz CT molecular complexity index is 881. The highest BCUT2D eigenvalue weighted by molar-refractivity contribution is 5.99. The van der Waals surface area contributed by atoms with E-state index in [9.17, 15) is 9.18 Å². The first-order valence-corrected chi connectivity index (χ1v) is 9.55. The molecule has 1 aliphatic heterocycles. The van der Waals surface area contributed by atoms with Crippen LogP contribution >= 0.6 is 0 Å². The number of hydrogen-bond donors (Lipinski definition) is 2. The Morgan fingerprint density at radius 2 is 2.15 bits per heavy atom. The van der Waals surface area contributed by atoms with Crippen LogP contribution in [0.4, 0.5) is 4.39 Å². The topological polar surface area (TPSA) is 48.1 Å². The van der Waals surface area contributed by atoms with Crippen LogP contribution in [0.1, 0.15) is 37.8 Å². The molecule has 26 heavy (non-hydrogen) atoms. The number of rotatable bonds is 4. The van der Waals surface area contributed by atoms with Crippen molar-refractivity contribution < 1.29 is 9.18 Å². The Balaban J connectivity index is 1.74. The lowest BCUT2D eigenvalue weighted by Gasteiger charge is -2.39. The zero-order valence-corrected chi connectivity index (χ0v) is 15.6.